The van der Waals surface area contributed by atoms with Crippen LogP contribution in [0.15, 0.2) is 24.3 Å². The van der Waals surface area contributed by atoms with Gasteiger partial charge >= 0.3 is 0 Å². The number of hydrogen-bond donors (Lipinski definition) is 1. The molecule has 2 aliphatic heterocycles. The van der Waals surface area contributed by atoms with Gasteiger partial charge in [0.25, 0.3) is 5.91 Å². The van der Waals surface area contributed by atoms with E-state index in [4.69, 9.17) is 9.47 Å². The van der Waals surface area contributed by atoms with Gasteiger partial charge in [0.05, 0.1) is 25.7 Å². The molecule has 2 heterocycles. The standard InChI is InChI=1S/C18H24N2O4/c1-2-23-15-8-6-13(7-9-15)19-17(21)11-16-18(22)20-10-4-3-5-14(20)12-24-16/h6-9,14,16H,2-5,10-12H2,1H3,(H,19,21)/t14-,16-/m1/s1. The maximum Gasteiger partial charge on any atom is 0.252 e. The van der Waals surface area contributed by atoms with Crippen LogP contribution in [0.1, 0.15) is 32.6 Å². The molecule has 0 radical (unpaired) electrons. The summed E-state index contributed by atoms with van der Waals surface area (Å²) in [6, 6.07) is 7.37. The second kappa shape index (κ2) is 7.66. The van der Waals surface area contributed by atoms with Crippen molar-refractivity contribution >= 4 is 17.5 Å². The fourth-order valence-electron chi connectivity index (χ4n) is 3.28. The number of morpholine rings is 1. The van der Waals surface area contributed by atoms with Crippen molar-refractivity contribution < 1.29 is 19.1 Å². The third kappa shape index (κ3) is 3.87. The second-order valence-corrected chi connectivity index (χ2v) is 6.21. The number of nitrogens with one attached hydrogen (secondary N) is 1. The first-order valence-corrected chi connectivity index (χ1v) is 8.62. The van der Waals surface area contributed by atoms with Gasteiger partial charge < -0.3 is 19.7 Å². The van der Waals surface area contributed by atoms with Gasteiger partial charge in [-0.1, -0.05) is 0 Å². The molecule has 0 aliphatic carbocycles. The number of hydrogen-bond acceptors (Lipinski definition) is 4. The summed E-state index contributed by atoms with van der Waals surface area (Å²) in [6.45, 7) is 3.84. The van der Waals surface area contributed by atoms with E-state index < -0.39 is 6.10 Å². The number of nitrogens with zero attached hydrogens (tertiary/aromatic N) is 1. The largest absolute Gasteiger partial charge is 0.494 e. The van der Waals surface area contributed by atoms with Gasteiger partial charge in [-0.2, -0.15) is 0 Å². The van der Waals surface area contributed by atoms with E-state index in [1.54, 1.807) is 24.3 Å². The Bertz CT molecular complexity index is 587. The minimum atomic E-state index is -0.665. The van der Waals surface area contributed by atoms with E-state index in [0.717, 1.165) is 31.6 Å². The lowest BCUT2D eigenvalue weighted by atomic mass is 9.99. The maximum atomic E-state index is 12.5. The van der Waals surface area contributed by atoms with Crippen LogP contribution in [0.4, 0.5) is 5.69 Å². The third-order valence-electron chi connectivity index (χ3n) is 4.50. The molecular formula is C18H24N2O4. The van der Waals surface area contributed by atoms with Crippen LogP contribution in [0.5, 0.6) is 5.75 Å². The van der Waals surface area contributed by atoms with Crippen molar-refractivity contribution in [2.24, 2.45) is 0 Å². The Kier molecular flexibility index (Phi) is 5.35. The number of carbonyl (C=O) groups excluding carboxylic acids is 2. The Balaban J connectivity index is 1.53. The van der Waals surface area contributed by atoms with E-state index in [1.807, 2.05) is 11.8 Å². The first-order chi connectivity index (χ1) is 11.7. The van der Waals surface area contributed by atoms with Gasteiger partial charge in [-0.3, -0.25) is 9.59 Å². The number of ether oxygens (including phenoxy) is 2. The molecule has 6 heteroatoms. The molecule has 0 saturated carbocycles. The van der Waals surface area contributed by atoms with Crippen molar-refractivity contribution in [1.82, 2.24) is 4.90 Å². The minimum absolute atomic E-state index is 0.0483. The van der Waals surface area contributed by atoms with Crippen LogP contribution in [0, 0.1) is 0 Å². The molecule has 2 atom stereocenters. The zero-order valence-electron chi connectivity index (χ0n) is 14.0. The Morgan fingerprint density at radius 1 is 1.33 bits per heavy atom. The summed E-state index contributed by atoms with van der Waals surface area (Å²) >= 11 is 0. The lowest BCUT2D eigenvalue weighted by Crippen LogP contribution is -2.56. The predicted molar refractivity (Wildman–Crippen MR) is 89.9 cm³/mol. The highest BCUT2D eigenvalue weighted by Gasteiger charge is 2.38. The number of anilines is 1. The molecule has 2 amide bonds. The highest BCUT2D eigenvalue weighted by Crippen LogP contribution is 2.24. The van der Waals surface area contributed by atoms with E-state index in [9.17, 15) is 9.59 Å². The van der Waals surface area contributed by atoms with Gasteiger partial charge in [0.2, 0.25) is 5.91 Å². The average molecular weight is 332 g/mol. The van der Waals surface area contributed by atoms with E-state index in [1.165, 1.54) is 0 Å². The molecule has 130 valence electrons. The summed E-state index contributed by atoms with van der Waals surface area (Å²) < 4.78 is 11.0. The molecule has 0 bridgehead atoms. The molecule has 3 rings (SSSR count). The molecule has 2 aliphatic rings. The van der Waals surface area contributed by atoms with Crippen LogP contribution >= 0.6 is 0 Å². The minimum Gasteiger partial charge on any atom is -0.494 e. The Hall–Kier alpha value is -2.08. The van der Waals surface area contributed by atoms with Crippen molar-refractivity contribution in [1.29, 1.82) is 0 Å². The molecule has 1 aromatic rings. The SMILES string of the molecule is CCOc1ccc(NC(=O)C[C@H]2OC[C@H]3CCCCN3C2=O)cc1. The number of amides is 2. The lowest BCUT2D eigenvalue weighted by Gasteiger charge is -2.41. The molecule has 0 aromatic heterocycles. The lowest BCUT2D eigenvalue weighted by molar-refractivity contribution is -0.163. The number of piperidine rings is 1. The summed E-state index contributed by atoms with van der Waals surface area (Å²) in [4.78, 5) is 26.6. The number of rotatable bonds is 5. The topological polar surface area (TPSA) is 67.9 Å². The summed E-state index contributed by atoms with van der Waals surface area (Å²) in [7, 11) is 0. The smallest absolute Gasteiger partial charge is 0.252 e. The zero-order valence-corrected chi connectivity index (χ0v) is 14.0. The normalized spacial score (nSPS) is 23.5. The molecule has 2 saturated heterocycles. The number of fused-ring (bicyclic) bond motifs is 1. The summed E-state index contributed by atoms with van der Waals surface area (Å²) in [5.74, 6) is 0.498. The van der Waals surface area contributed by atoms with Gasteiger partial charge in [0, 0.05) is 12.2 Å². The zero-order chi connectivity index (χ0) is 16.9. The number of benzene rings is 1. The van der Waals surface area contributed by atoms with E-state index >= 15 is 0 Å². The maximum absolute atomic E-state index is 12.5. The molecule has 2 fully saturated rings. The molecular weight excluding hydrogens is 308 g/mol. The van der Waals surface area contributed by atoms with Gasteiger partial charge in [-0.15, -0.1) is 0 Å². The molecule has 1 N–H and O–H groups in total. The van der Waals surface area contributed by atoms with Crippen molar-refractivity contribution in [3.8, 4) is 5.75 Å². The molecule has 1 aromatic carbocycles. The Morgan fingerprint density at radius 3 is 2.88 bits per heavy atom. The van der Waals surface area contributed by atoms with E-state index in [2.05, 4.69) is 5.32 Å². The van der Waals surface area contributed by atoms with Gasteiger partial charge in [-0.25, -0.2) is 0 Å². The summed E-state index contributed by atoms with van der Waals surface area (Å²) in [5.41, 5.74) is 0.683. The highest BCUT2D eigenvalue weighted by atomic mass is 16.5. The summed E-state index contributed by atoms with van der Waals surface area (Å²) in [5, 5.41) is 2.81. The first kappa shape index (κ1) is 16.8. The highest BCUT2D eigenvalue weighted by molar-refractivity contribution is 5.95. The van der Waals surface area contributed by atoms with E-state index in [-0.39, 0.29) is 24.3 Å². The van der Waals surface area contributed by atoms with Crippen LogP contribution in [0.25, 0.3) is 0 Å². The molecule has 0 unspecified atom stereocenters. The molecule has 6 nitrogen and oxygen atoms in total. The van der Waals surface area contributed by atoms with Crippen LogP contribution in [-0.2, 0) is 14.3 Å². The van der Waals surface area contributed by atoms with Crippen LogP contribution in [-0.4, -0.2) is 48.6 Å². The first-order valence-electron chi connectivity index (χ1n) is 8.62. The van der Waals surface area contributed by atoms with Crippen molar-refractivity contribution in [2.45, 2.75) is 44.8 Å². The fourth-order valence-corrected chi connectivity index (χ4v) is 3.28. The van der Waals surface area contributed by atoms with Crippen LogP contribution in [0.2, 0.25) is 0 Å². The Labute approximate surface area is 142 Å². The third-order valence-corrected chi connectivity index (χ3v) is 4.50. The second-order valence-electron chi connectivity index (χ2n) is 6.21. The quantitative estimate of drug-likeness (QED) is 0.897. The predicted octanol–water partition coefficient (Wildman–Crippen LogP) is 2.19. The van der Waals surface area contributed by atoms with Crippen molar-refractivity contribution in [2.75, 3.05) is 25.1 Å². The fraction of sp³-hybridized carbons (Fsp3) is 0.556. The van der Waals surface area contributed by atoms with Gasteiger partial charge in [0.15, 0.2) is 0 Å². The average Bonchev–Trinajstić information content (AvgIpc) is 2.60. The Morgan fingerprint density at radius 2 is 2.12 bits per heavy atom. The van der Waals surface area contributed by atoms with Crippen LogP contribution < -0.4 is 10.1 Å². The van der Waals surface area contributed by atoms with Gasteiger partial charge in [0.1, 0.15) is 11.9 Å². The molecule has 24 heavy (non-hydrogen) atoms. The number of carbonyl (C=O) groups is 2. The van der Waals surface area contributed by atoms with Crippen LogP contribution in [0.3, 0.4) is 0 Å². The monoisotopic (exact) mass is 332 g/mol. The van der Waals surface area contributed by atoms with Crippen molar-refractivity contribution in [3.05, 3.63) is 24.3 Å². The van der Waals surface area contributed by atoms with E-state index in [0.29, 0.717) is 18.9 Å². The van der Waals surface area contributed by atoms with Gasteiger partial charge in [-0.05, 0) is 50.5 Å². The summed E-state index contributed by atoms with van der Waals surface area (Å²) in [6.07, 6.45) is 2.56. The molecule has 0 spiro atoms. The van der Waals surface area contributed by atoms with Crippen molar-refractivity contribution in [3.63, 3.8) is 0 Å².